The van der Waals surface area contributed by atoms with Crippen LogP contribution in [0.2, 0.25) is 0 Å². The van der Waals surface area contributed by atoms with E-state index in [1.807, 2.05) is 0 Å². The van der Waals surface area contributed by atoms with Gasteiger partial charge in [-0.2, -0.15) is 0 Å². The molecule has 0 spiro atoms. The second kappa shape index (κ2) is 6.39. The van der Waals surface area contributed by atoms with Crippen LogP contribution in [0, 0.1) is 11.3 Å². The summed E-state index contributed by atoms with van der Waals surface area (Å²) in [4.78, 5) is 11.7. The van der Waals surface area contributed by atoms with Crippen LogP contribution in [0.4, 0.5) is 0 Å². The van der Waals surface area contributed by atoms with Gasteiger partial charge in [0.15, 0.2) is 0 Å². The number of hydrogen-bond acceptors (Lipinski definition) is 2. The molecule has 0 saturated heterocycles. The molecule has 1 unspecified atom stereocenters. The Bertz CT molecular complexity index is 245. The van der Waals surface area contributed by atoms with Gasteiger partial charge in [-0.3, -0.25) is 4.79 Å². The number of hydrogen-bond donors (Lipinski definition) is 2. The largest absolute Gasteiger partial charge is 0.352 e. The fraction of sp³-hybridized carbons (Fsp3) is 0.929. The molecule has 100 valence electrons. The second-order valence-electron chi connectivity index (χ2n) is 6.22. The molecule has 1 amide bonds. The van der Waals surface area contributed by atoms with Gasteiger partial charge in [-0.15, -0.1) is 0 Å². The second-order valence-corrected chi connectivity index (χ2v) is 6.22. The average Bonchev–Trinajstić information content (AvgIpc) is 2.65. The van der Waals surface area contributed by atoms with Crippen molar-refractivity contribution in [1.82, 2.24) is 10.6 Å². The van der Waals surface area contributed by atoms with Gasteiger partial charge in [-0.1, -0.05) is 33.6 Å². The van der Waals surface area contributed by atoms with E-state index in [0.717, 1.165) is 6.54 Å². The van der Waals surface area contributed by atoms with E-state index in [1.54, 1.807) is 0 Å². The minimum Gasteiger partial charge on any atom is -0.352 e. The molecular formula is C14H28N2O. The van der Waals surface area contributed by atoms with Crippen molar-refractivity contribution in [3.05, 3.63) is 0 Å². The summed E-state index contributed by atoms with van der Waals surface area (Å²) < 4.78 is 0. The zero-order valence-corrected chi connectivity index (χ0v) is 11.8. The van der Waals surface area contributed by atoms with Crippen molar-refractivity contribution < 1.29 is 4.79 Å². The van der Waals surface area contributed by atoms with Crippen molar-refractivity contribution in [2.75, 3.05) is 13.1 Å². The van der Waals surface area contributed by atoms with Crippen LogP contribution in [0.25, 0.3) is 0 Å². The van der Waals surface area contributed by atoms with E-state index in [2.05, 4.69) is 38.3 Å². The molecule has 0 aromatic carbocycles. The third-order valence-electron chi connectivity index (χ3n) is 4.04. The molecule has 1 rings (SSSR count). The van der Waals surface area contributed by atoms with Crippen LogP contribution in [0.1, 0.15) is 53.4 Å². The fourth-order valence-corrected chi connectivity index (χ4v) is 2.35. The molecule has 0 radical (unpaired) electrons. The SMILES string of the molecule is CC(C)C(C)NC(=O)CNCC1(C)CCCC1. The first kappa shape index (κ1) is 14.5. The minimum absolute atomic E-state index is 0.118. The number of rotatable bonds is 6. The smallest absolute Gasteiger partial charge is 0.234 e. The molecule has 17 heavy (non-hydrogen) atoms. The lowest BCUT2D eigenvalue weighted by atomic mass is 9.89. The van der Waals surface area contributed by atoms with Crippen LogP contribution in [0.15, 0.2) is 0 Å². The van der Waals surface area contributed by atoms with Gasteiger partial charge in [0.2, 0.25) is 5.91 Å². The third kappa shape index (κ3) is 5.07. The fourth-order valence-electron chi connectivity index (χ4n) is 2.35. The van der Waals surface area contributed by atoms with Gasteiger partial charge >= 0.3 is 0 Å². The van der Waals surface area contributed by atoms with Gasteiger partial charge < -0.3 is 10.6 Å². The zero-order valence-electron chi connectivity index (χ0n) is 11.8. The Balaban J connectivity index is 2.16. The number of carbonyl (C=O) groups is 1. The Labute approximate surface area is 106 Å². The van der Waals surface area contributed by atoms with Crippen LogP contribution in [0.3, 0.4) is 0 Å². The topological polar surface area (TPSA) is 41.1 Å². The van der Waals surface area contributed by atoms with Gasteiger partial charge in [-0.25, -0.2) is 0 Å². The first-order valence-electron chi connectivity index (χ1n) is 6.93. The molecular weight excluding hydrogens is 212 g/mol. The van der Waals surface area contributed by atoms with Gasteiger partial charge in [0.1, 0.15) is 0 Å². The summed E-state index contributed by atoms with van der Waals surface area (Å²) in [7, 11) is 0. The summed E-state index contributed by atoms with van der Waals surface area (Å²) in [6, 6.07) is 0.256. The van der Waals surface area contributed by atoms with Crippen molar-refractivity contribution in [1.29, 1.82) is 0 Å². The molecule has 1 aliphatic rings. The molecule has 0 aliphatic heterocycles. The first-order valence-corrected chi connectivity index (χ1v) is 6.93. The van der Waals surface area contributed by atoms with E-state index >= 15 is 0 Å². The highest BCUT2D eigenvalue weighted by atomic mass is 16.1. The van der Waals surface area contributed by atoms with Gasteiger partial charge in [0, 0.05) is 12.6 Å². The van der Waals surface area contributed by atoms with E-state index in [9.17, 15) is 4.79 Å². The van der Waals surface area contributed by atoms with Gasteiger partial charge in [0.25, 0.3) is 0 Å². The van der Waals surface area contributed by atoms with Crippen molar-refractivity contribution in [2.24, 2.45) is 11.3 Å². The lowest BCUT2D eigenvalue weighted by Gasteiger charge is -2.24. The number of nitrogens with one attached hydrogen (secondary N) is 2. The van der Waals surface area contributed by atoms with E-state index in [1.165, 1.54) is 25.7 Å². The van der Waals surface area contributed by atoms with E-state index in [4.69, 9.17) is 0 Å². The predicted octanol–water partition coefficient (Wildman–Crippen LogP) is 2.32. The standard InChI is InChI=1S/C14H28N2O/c1-11(2)12(3)16-13(17)9-15-10-14(4)7-5-6-8-14/h11-12,15H,5-10H2,1-4H3,(H,16,17). The van der Waals surface area contributed by atoms with Crippen LogP contribution >= 0.6 is 0 Å². The van der Waals surface area contributed by atoms with E-state index < -0.39 is 0 Å². The van der Waals surface area contributed by atoms with Crippen LogP contribution in [-0.4, -0.2) is 25.0 Å². The summed E-state index contributed by atoms with van der Waals surface area (Å²) in [5.74, 6) is 0.610. The van der Waals surface area contributed by atoms with Gasteiger partial charge in [-0.05, 0) is 31.1 Å². The highest BCUT2D eigenvalue weighted by Gasteiger charge is 2.28. The average molecular weight is 240 g/mol. The van der Waals surface area contributed by atoms with Crippen molar-refractivity contribution in [3.63, 3.8) is 0 Å². The summed E-state index contributed by atoms with van der Waals surface area (Å²) in [5.41, 5.74) is 0.421. The molecule has 0 bridgehead atoms. The molecule has 0 aromatic heterocycles. The Hall–Kier alpha value is -0.570. The van der Waals surface area contributed by atoms with Crippen molar-refractivity contribution >= 4 is 5.91 Å². The van der Waals surface area contributed by atoms with Crippen LogP contribution in [-0.2, 0) is 4.79 Å². The number of carbonyl (C=O) groups excluding carboxylic acids is 1. The molecule has 3 nitrogen and oxygen atoms in total. The monoisotopic (exact) mass is 240 g/mol. The molecule has 1 saturated carbocycles. The number of amides is 1. The summed E-state index contributed by atoms with van der Waals surface area (Å²) in [6.07, 6.45) is 5.28. The minimum atomic E-state index is 0.118. The molecule has 0 aromatic rings. The molecule has 2 N–H and O–H groups in total. The summed E-state index contributed by atoms with van der Waals surface area (Å²) in [6.45, 7) is 10.0. The maximum atomic E-state index is 11.7. The van der Waals surface area contributed by atoms with Crippen molar-refractivity contribution in [3.8, 4) is 0 Å². The Morgan fingerprint density at radius 1 is 1.24 bits per heavy atom. The van der Waals surface area contributed by atoms with Gasteiger partial charge in [0.05, 0.1) is 6.54 Å². The summed E-state index contributed by atoms with van der Waals surface area (Å²) >= 11 is 0. The molecule has 1 aliphatic carbocycles. The lowest BCUT2D eigenvalue weighted by Crippen LogP contribution is -2.43. The van der Waals surface area contributed by atoms with E-state index in [-0.39, 0.29) is 11.9 Å². The third-order valence-corrected chi connectivity index (χ3v) is 4.04. The quantitative estimate of drug-likeness (QED) is 0.748. The molecule has 0 heterocycles. The molecule has 3 heteroatoms. The normalized spacial score (nSPS) is 20.5. The first-order chi connectivity index (χ1) is 7.93. The van der Waals surface area contributed by atoms with Crippen molar-refractivity contribution in [2.45, 2.75) is 59.4 Å². The Morgan fingerprint density at radius 3 is 2.35 bits per heavy atom. The van der Waals surface area contributed by atoms with Crippen LogP contribution in [0.5, 0.6) is 0 Å². The molecule has 1 fully saturated rings. The Kier molecular flexibility index (Phi) is 5.44. The van der Waals surface area contributed by atoms with Crippen LogP contribution < -0.4 is 10.6 Å². The molecule has 1 atom stereocenters. The van der Waals surface area contributed by atoms with E-state index in [0.29, 0.717) is 17.9 Å². The Morgan fingerprint density at radius 2 is 1.82 bits per heavy atom. The summed E-state index contributed by atoms with van der Waals surface area (Å²) in [5, 5.41) is 6.32. The zero-order chi connectivity index (χ0) is 12.9. The highest BCUT2D eigenvalue weighted by Crippen LogP contribution is 2.36. The predicted molar refractivity (Wildman–Crippen MR) is 71.9 cm³/mol. The maximum Gasteiger partial charge on any atom is 0.234 e. The maximum absolute atomic E-state index is 11.7. The lowest BCUT2D eigenvalue weighted by molar-refractivity contribution is -0.121. The highest BCUT2D eigenvalue weighted by molar-refractivity contribution is 5.78.